The molecule has 2 atom stereocenters. The molecule has 3 N–H and O–H groups in total. The van der Waals surface area contributed by atoms with Gasteiger partial charge in [-0.25, -0.2) is 4.79 Å². The van der Waals surface area contributed by atoms with Crippen LogP contribution in [-0.4, -0.2) is 40.3 Å². The van der Waals surface area contributed by atoms with Gasteiger partial charge >= 0.3 is 6.09 Å². The molecule has 1 aromatic rings. The Hall–Kier alpha value is -1.63. The van der Waals surface area contributed by atoms with E-state index in [4.69, 9.17) is 16.3 Å². The van der Waals surface area contributed by atoms with Crippen molar-refractivity contribution in [3.8, 4) is 0 Å². The van der Waals surface area contributed by atoms with Gasteiger partial charge in [0.25, 0.3) is 0 Å². The number of ketones is 1. The highest BCUT2D eigenvalue weighted by Crippen LogP contribution is 2.24. The van der Waals surface area contributed by atoms with Crippen molar-refractivity contribution in [2.45, 2.75) is 45.5 Å². The van der Waals surface area contributed by atoms with E-state index in [1.54, 1.807) is 20.8 Å². The van der Waals surface area contributed by atoms with Crippen molar-refractivity contribution < 1.29 is 24.5 Å². The lowest BCUT2D eigenvalue weighted by Gasteiger charge is -2.22. The fourth-order valence-corrected chi connectivity index (χ4v) is 2.16. The van der Waals surface area contributed by atoms with Crippen molar-refractivity contribution in [1.29, 1.82) is 0 Å². The normalized spacial score (nSPS) is 14.0. The highest BCUT2D eigenvalue weighted by atomic mass is 35.5. The van der Waals surface area contributed by atoms with E-state index in [-0.39, 0.29) is 17.4 Å². The number of rotatable bonds is 5. The number of hydrogen-bond acceptors (Lipinski definition) is 5. The second-order valence-corrected chi connectivity index (χ2v) is 6.60. The fraction of sp³-hybridized carbons (Fsp3) is 0.500. The Kier molecular flexibility index (Phi) is 6.56. The standard InChI is InChI=1S/C16H22ClNO5/c1-9(19)11-6-5-10(7-12(11)17)14(21)13(20)8-18-15(22)23-16(2,3)4/h5-7,13-14,20-21H,8H2,1-4H3,(H,18,22). The summed E-state index contributed by atoms with van der Waals surface area (Å²) in [5.41, 5.74) is 0.0337. The molecule has 2 unspecified atom stereocenters. The maximum atomic E-state index is 11.5. The molecule has 0 heterocycles. The average Bonchev–Trinajstić information content (AvgIpc) is 2.41. The van der Waals surface area contributed by atoms with Crippen molar-refractivity contribution >= 4 is 23.5 Å². The number of nitrogens with one attached hydrogen (secondary N) is 1. The maximum absolute atomic E-state index is 11.5. The molecular formula is C16H22ClNO5. The van der Waals surface area contributed by atoms with Crippen molar-refractivity contribution in [3.05, 3.63) is 34.3 Å². The van der Waals surface area contributed by atoms with Crippen LogP contribution < -0.4 is 5.32 Å². The second kappa shape index (κ2) is 7.77. The third kappa shape index (κ3) is 6.17. The van der Waals surface area contributed by atoms with Crippen LogP contribution in [-0.2, 0) is 4.74 Å². The zero-order valence-electron chi connectivity index (χ0n) is 13.6. The topological polar surface area (TPSA) is 95.9 Å². The second-order valence-electron chi connectivity index (χ2n) is 6.19. The van der Waals surface area contributed by atoms with Crippen LogP contribution >= 0.6 is 11.6 Å². The molecule has 23 heavy (non-hydrogen) atoms. The van der Waals surface area contributed by atoms with Gasteiger partial charge in [-0.05, 0) is 45.4 Å². The van der Waals surface area contributed by atoms with Crippen LogP contribution in [0.2, 0.25) is 5.02 Å². The first-order valence-corrected chi connectivity index (χ1v) is 7.52. The zero-order valence-corrected chi connectivity index (χ0v) is 14.3. The summed E-state index contributed by atoms with van der Waals surface area (Å²) in [6.45, 7) is 6.35. The monoisotopic (exact) mass is 343 g/mol. The minimum atomic E-state index is -1.26. The van der Waals surface area contributed by atoms with Crippen molar-refractivity contribution in [2.24, 2.45) is 0 Å². The van der Waals surface area contributed by atoms with Gasteiger partial charge < -0.3 is 20.3 Å². The molecule has 0 saturated carbocycles. The highest BCUT2D eigenvalue weighted by molar-refractivity contribution is 6.33. The third-order valence-corrected chi connectivity index (χ3v) is 3.25. The molecule has 7 heteroatoms. The van der Waals surface area contributed by atoms with E-state index in [1.165, 1.54) is 25.1 Å². The van der Waals surface area contributed by atoms with Gasteiger partial charge in [-0.3, -0.25) is 4.79 Å². The van der Waals surface area contributed by atoms with Crippen LogP contribution in [0.4, 0.5) is 4.79 Å². The predicted molar refractivity (Wildman–Crippen MR) is 86.7 cm³/mol. The molecule has 6 nitrogen and oxygen atoms in total. The molecule has 128 valence electrons. The number of carbonyl (C=O) groups is 2. The molecule has 0 radical (unpaired) electrons. The van der Waals surface area contributed by atoms with Crippen LogP contribution in [0, 0.1) is 0 Å². The van der Waals surface area contributed by atoms with Gasteiger partial charge in [0.1, 0.15) is 17.8 Å². The summed E-state index contributed by atoms with van der Waals surface area (Å²) in [7, 11) is 0. The smallest absolute Gasteiger partial charge is 0.407 e. The largest absolute Gasteiger partial charge is 0.444 e. The minimum absolute atomic E-state index is 0.191. The molecule has 1 rings (SSSR count). The average molecular weight is 344 g/mol. The SMILES string of the molecule is CC(=O)c1ccc(C(O)C(O)CNC(=O)OC(C)(C)C)cc1Cl. The Balaban J connectivity index is 2.66. The summed E-state index contributed by atoms with van der Waals surface area (Å²) in [5.74, 6) is -0.191. The van der Waals surface area contributed by atoms with Gasteiger partial charge in [-0.15, -0.1) is 0 Å². The quantitative estimate of drug-likeness (QED) is 0.714. The van der Waals surface area contributed by atoms with E-state index in [1.807, 2.05) is 0 Å². The zero-order chi connectivity index (χ0) is 17.8. The number of carbonyl (C=O) groups excluding carboxylic acids is 2. The summed E-state index contributed by atoms with van der Waals surface area (Å²) >= 11 is 5.97. The molecule has 0 bridgehead atoms. The van der Waals surface area contributed by atoms with Crippen LogP contribution in [0.15, 0.2) is 18.2 Å². The van der Waals surface area contributed by atoms with Gasteiger partial charge in [0, 0.05) is 12.1 Å². The molecule has 0 aromatic heterocycles. The number of halogens is 1. The molecule has 1 amide bonds. The van der Waals surface area contributed by atoms with E-state index in [2.05, 4.69) is 5.32 Å². The summed E-state index contributed by atoms with van der Waals surface area (Å²) < 4.78 is 5.03. The van der Waals surface area contributed by atoms with Gasteiger partial charge in [-0.1, -0.05) is 17.7 Å². The molecule has 0 spiro atoms. The van der Waals surface area contributed by atoms with E-state index in [9.17, 15) is 19.8 Å². The van der Waals surface area contributed by atoms with E-state index < -0.39 is 23.9 Å². The van der Waals surface area contributed by atoms with Crippen LogP contribution in [0.25, 0.3) is 0 Å². The van der Waals surface area contributed by atoms with E-state index in [0.717, 1.165) is 0 Å². The third-order valence-electron chi connectivity index (χ3n) is 2.93. The van der Waals surface area contributed by atoms with Crippen molar-refractivity contribution in [2.75, 3.05) is 6.54 Å². The summed E-state index contributed by atoms with van der Waals surface area (Å²) in [4.78, 5) is 22.8. The first-order valence-electron chi connectivity index (χ1n) is 7.14. The molecule has 0 aliphatic rings. The number of aliphatic hydroxyl groups excluding tert-OH is 2. The number of alkyl carbamates (subject to hydrolysis) is 1. The van der Waals surface area contributed by atoms with Crippen LogP contribution in [0.1, 0.15) is 49.7 Å². The van der Waals surface area contributed by atoms with Crippen molar-refractivity contribution in [1.82, 2.24) is 5.32 Å². The number of amides is 1. The first kappa shape index (κ1) is 19.4. The lowest BCUT2D eigenvalue weighted by Crippen LogP contribution is -2.38. The number of hydrogen-bond donors (Lipinski definition) is 3. The van der Waals surface area contributed by atoms with Gasteiger partial charge in [0.2, 0.25) is 0 Å². The molecular weight excluding hydrogens is 322 g/mol. The van der Waals surface area contributed by atoms with Gasteiger partial charge in [0.15, 0.2) is 5.78 Å². The van der Waals surface area contributed by atoms with E-state index >= 15 is 0 Å². The molecule has 0 aliphatic heterocycles. The minimum Gasteiger partial charge on any atom is -0.444 e. The summed E-state index contributed by atoms with van der Waals surface area (Å²) in [6, 6.07) is 4.40. The molecule has 0 aliphatic carbocycles. The number of ether oxygens (including phenoxy) is 1. The number of Topliss-reactive ketones (excluding diaryl/α,β-unsaturated/α-hetero) is 1. The summed E-state index contributed by atoms with van der Waals surface area (Å²) in [6.07, 6.45) is -3.20. The lowest BCUT2D eigenvalue weighted by molar-refractivity contribution is 0.0129. The number of benzene rings is 1. The summed E-state index contributed by atoms with van der Waals surface area (Å²) in [5, 5.41) is 22.6. The maximum Gasteiger partial charge on any atom is 0.407 e. The van der Waals surface area contributed by atoms with Gasteiger partial charge in [0.05, 0.1) is 5.02 Å². The van der Waals surface area contributed by atoms with Crippen LogP contribution in [0.5, 0.6) is 0 Å². The molecule has 1 aromatic carbocycles. The highest BCUT2D eigenvalue weighted by Gasteiger charge is 2.22. The first-order chi connectivity index (χ1) is 10.5. The molecule has 0 saturated heterocycles. The lowest BCUT2D eigenvalue weighted by atomic mass is 10.0. The Bertz CT molecular complexity index is 582. The van der Waals surface area contributed by atoms with Crippen molar-refractivity contribution in [3.63, 3.8) is 0 Å². The van der Waals surface area contributed by atoms with Crippen LogP contribution in [0.3, 0.4) is 0 Å². The van der Waals surface area contributed by atoms with Gasteiger partial charge in [-0.2, -0.15) is 0 Å². The molecule has 0 fully saturated rings. The Morgan fingerprint density at radius 2 is 1.91 bits per heavy atom. The predicted octanol–water partition coefficient (Wildman–Crippen LogP) is 2.46. The van der Waals surface area contributed by atoms with E-state index in [0.29, 0.717) is 11.1 Å². The number of aliphatic hydroxyl groups is 2. The Labute approximate surface area is 140 Å². The fourth-order valence-electron chi connectivity index (χ4n) is 1.84. The Morgan fingerprint density at radius 1 is 1.30 bits per heavy atom. The Morgan fingerprint density at radius 3 is 2.39 bits per heavy atom.